The highest BCUT2D eigenvalue weighted by Crippen LogP contribution is 2.36. The molecule has 0 aromatic rings. The van der Waals surface area contributed by atoms with Gasteiger partial charge in [0, 0.05) is 39.5 Å². The van der Waals surface area contributed by atoms with E-state index in [1.54, 1.807) is 7.11 Å². The molecule has 2 rings (SSSR count). The molecule has 17 heavy (non-hydrogen) atoms. The Labute approximate surface area is 105 Å². The molecule has 2 fully saturated rings. The second-order valence-corrected chi connectivity index (χ2v) is 5.72. The number of rotatable bonds is 8. The van der Waals surface area contributed by atoms with Crippen LogP contribution in [-0.4, -0.2) is 39.5 Å². The highest BCUT2D eigenvalue weighted by atomic mass is 16.5. The van der Waals surface area contributed by atoms with E-state index in [0.29, 0.717) is 5.41 Å². The predicted molar refractivity (Wildman–Crippen MR) is 69.2 cm³/mol. The minimum absolute atomic E-state index is 0.509. The van der Waals surface area contributed by atoms with Crippen LogP contribution in [0, 0.1) is 5.41 Å². The molecule has 1 aliphatic heterocycles. The van der Waals surface area contributed by atoms with E-state index in [4.69, 9.17) is 9.47 Å². The van der Waals surface area contributed by atoms with Crippen LogP contribution in [0.5, 0.6) is 0 Å². The molecule has 0 bridgehead atoms. The van der Waals surface area contributed by atoms with Crippen LogP contribution in [0.1, 0.15) is 44.9 Å². The summed E-state index contributed by atoms with van der Waals surface area (Å²) in [7, 11) is 1.79. The van der Waals surface area contributed by atoms with Gasteiger partial charge < -0.3 is 14.8 Å². The largest absolute Gasteiger partial charge is 0.385 e. The van der Waals surface area contributed by atoms with E-state index in [1.807, 2.05) is 0 Å². The maximum atomic E-state index is 5.52. The van der Waals surface area contributed by atoms with Gasteiger partial charge in [-0.25, -0.2) is 0 Å². The molecule has 0 aromatic carbocycles. The van der Waals surface area contributed by atoms with Gasteiger partial charge in [0.05, 0.1) is 0 Å². The summed E-state index contributed by atoms with van der Waals surface area (Å²) in [5.74, 6) is 0. The fourth-order valence-corrected chi connectivity index (χ4v) is 2.71. The smallest absolute Gasteiger partial charge is 0.0471 e. The molecule has 3 nitrogen and oxygen atoms in total. The third-order valence-corrected chi connectivity index (χ3v) is 4.20. The average Bonchev–Trinajstić information content (AvgIpc) is 3.18. The van der Waals surface area contributed by atoms with Gasteiger partial charge in [-0.1, -0.05) is 6.42 Å². The molecule has 3 heteroatoms. The van der Waals surface area contributed by atoms with E-state index in [-0.39, 0.29) is 0 Å². The van der Waals surface area contributed by atoms with Gasteiger partial charge >= 0.3 is 0 Å². The van der Waals surface area contributed by atoms with E-state index in [9.17, 15) is 0 Å². The minimum Gasteiger partial charge on any atom is -0.385 e. The zero-order chi connectivity index (χ0) is 12.0. The molecule has 0 aromatic heterocycles. The molecular formula is C14H27NO2. The first kappa shape index (κ1) is 13.3. The van der Waals surface area contributed by atoms with Crippen molar-refractivity contribution in [2.24, 2.45) is 5.41 Å². The number of hydrogen-bond donors (Lipinski definition) is 1. The van der Waals surface area contributed by atoms with Gasteiger partial charge in [-0.05, 0) is 43.9 Å². The maximum Gasteiger partial charge on any atom is 0.0471 e. The van der Waals surface area contributed by atoms with Crippen molar-refractivity contribution in [3.63, 3.8) is 0 Å². The maximum absolute atomic E-state index is 5.52. The lowest BCUT2D eigenvalue weighted by Crippen LogP contribution is -2.40. The fourth-order valence-electron chi connectivity index (χ4n) is 2.71. The number of methoxy groups -OCH3 is 1. The second-order valence-electron chi connectivity index (χ2n) is 5.72. The van der Waals surface area contributed by atoms with Crippen LogP contribution >= 0.6 is 0 Å². The average molecular weight is 241 g/mol. The molecule has 2 aliphatic rings. The summed E-state index contributed by atoms with van der Waals surface area (Å²) in [5, 5.41) is 3.72. The summed E-state index contributed by atoms with van der Waals surface area (Å²) >= 11 is 0. The molecule has 0 amide bonds. The zero-order valence-electron chi connectivity index (χ0n) is 11.2. The van der Waals surface area contributed by atoms with Gasteiger partial charge in [0.25, 0.3) is 0 Å². The van der Waals surface area contributed by atoms with Crippen molar-refractivity contribution in [3.8, 4) is 0 Å². The highest BCUT2D eigenvalue weighted by molar-refractivity contribution is 4.89. The standard InChI is InChI=1S/C14H27NO2/c1-16-9-3-2-6-14(7-10-17-11-8-14)12-15-13-4-5-13/h13,15H,2-12H2,1H3. The molecular weight excluding hydrogens is 214 g/mol. The zero-order valence-corrected chi connectivity index (χ0v) is 11.2. The normalized spacial score (nSPS) is 23.8. The van der Waals surface area contributed by atoms with Crippen molar-refractivity contribution in [3.05, 3.63) is 0 Å². The summed E-state index contributed by atoms with van der Waals surface area (Å²) in [6, 6.07) is 0.827. The Balaban J connectivity index is 1.73. The Kier molecular flexibility index (Phi) is 5.26. The first-order valence-corrected chi connectivity index (χ1v) is 7.15. The van der Waals surface area contributed by atoms with Crippen molar-refractivity contribution < 1.29 is 9.47 Å². The Morgan fingerprint density at radius 1 is 1.24 bits per heavy atom. The molecule has 100 valence electrons. The van der Waals surface area contributed by atoms with Crippen molar-refractivity contribution in [1.82, 2.24) is 5.32 Å². The SMILES string of the molecule is COCCCCC1(CNC2CC2)CCOCC1. The first-order valence-electron chi connectivity index (χ1n) is 7.15. The van der Waals surface area contributed by atoms with Gasteiger partial charge in [-0.15, -0.1) is 0 Å². The summed E-state index contributed by atoms with van der Waals surface area (Å²) in [6.07, 6.45) is 9.06. The predicted octanol–water partition coefficient (Wildman–Crippen LogP) is 2.35. The molecule has 0 unspecified atom stereocenters. The van der Waals surface area contributed by atoms with Crippen molar-refractivity contribution in [1.29, 1.82) is 0 Å². The molecule has 0 spiro atoms. The summed E-state index contributed by atoms with van der Waals surface area (Å²) in [4.78, 5) is 0. The van der Waals surface area contributed by atoms with Gasteiger partial charge in [0.15, 0.2) is 0 Å². The van der Waals surface area contributed by atoms with Crippen molar-refractivity contribution in [2.75, 3.05) is 33.5 Å². The lowest BCUT2D eigenvalue weighted by Gasteiger charge is -2.37. The lowest BCUT2D eigenvalue weighted by molar-refractivity contribution is 0.00823. The molecule has 0 atom stereocenters. The highest BCUT2D eigenvalue weighted by Gasteiger charge is 2.33. The Morgan fingerprint density at radius 2 is 2.00 bits per heavy atom. The fraction of sp³-hybridized carbons (Fsp3) is 1.00. The van der Waals surface area contributed by atoms with E-state index in [0.717, 1.165) is 25.9 Å². The van der Waals surface area contributed by atoms with Gasteiger partial charge in [-0.2, -0.15) is 0 Å². The van der Waals surface area contributed by atoms with Crippen LogP contribution in [0.15, 0.2) is 0 Å². The van der Waals surface area contributed by atoms with E-state index >= 15 is 0 Å². The molecule has 1 N–H and O–H groups in total. The van der Waals surface area contributed by atoms with Crippen LogP contribution in [-0.2, 0) is 9.47 Å². The van der Waals surface area contributed by atoms with Crippen LogP contribution < -0.4 is 5.32 Å². The lowest BCUT2D eigenvalue weighted by atomic mass is 9.76. The number of nitrogens with one attached hydrogen (secondary N) is 1. The third-order valence-electron chi connectivity index (χ3n) is 4.20. The topological polar surface area (TPSA) is 30.5 Å². The van der Waals surface area contributed by atoms with E-state index < -0.39 is 0 Å². The number of ether oxygens (including phenoxy) is 2. The second kappa shape index (κ2) is 6.72. The van der Waals surface area contributed by atoms with Crippen LogP contribution in [0.3, 0.4) is 0 Å². The molecule has 1 heterocycles. The number of hydrogen-bond acceptors (Lipinski definition) is 3. The Hall–Kier alpha value is -0.120. The monoisotopic (exact) mass is 241 g/mol. The van der Waals surface area contributed by atoms with Gasteiger partial charge in [0.2, 0.25) is 0 Å². The molecule has 1 saturated heterocycles. The van der Waals surface area contributed by atoms with Gasteiger partial charge in [-0.3, -0.25) is 0 Å². The minimum atomic E-state index is 0.509. The van der Waals surface area contributed by atoms with E-state index in [2.05, 4.69) is 5.32 Å². The molecule has 0 radical (unpaired) electrons. The molecule has 1 aliphatic carbocycles. The quantitative estimate of drug-likeness (QED) is 0.662. The molecule has 1 saturated carbocycles. The van der Waals surface area contributed by atoms with E-state index in [1.165, 1.54) is 51.5 Å². The van der Waals surface area contributed by atoms with Crippen LogP contribution in [0.25, 0.3) is 0 Å². The Bertz CT molecular complexity index is 210. The van der Waals surface area contributed by atoms with Crippen molar-refractivity contribution >= 4 is 0 Å². The van der Waals surface area contributed by atoms with Gasteiger partial charge in [0.1, 0.15) is 0 Å². The van der Waals surface area contributed by atoms with Crippen molar-refractivity contribution in [2.45, 2.75) is 51.0 Å². The number of unbranched alkanes of at least 4 members (excludes halogenated alkanes) is 1. The summed E-state index contributed by atoms with van der Waals surface area (Å²) in [6.45, 7) is 4.02. The van der Waals surface area contributed by atoms with Crippen LogP contribution in [0.2, 0.25) is 0 Å². The van der Waals surface area contributed by atoms with Crippen LogP contribution in [0.4, 0.5) is 0 Å². The third kappa shape index (κ3) is 4.57. The summed E-state index contributed by atoms with van der Waals surface area (Å²) in [5.41, 5.74) is 0.509. The Morgan fingerprint density at radius 3 is 2.65 bits per heavy atom. The summed E-state index contributed by atoms with van der Waals surface area (Å²) < 4.78 is 10.7. The first-order chi connectivity index (χ1) is 8.35.